The quantitative estimate of drug-likeness (QED) is 0.559. The standard InChI is InChI=1S/C24H22N2O5/c1-14(27)30-12-11-24-10-9-23(2,31-24)19-20(24)22(29)26(21(19)28)18-8-7-15(13-25)16-5-3-4-6-17(16)18/h3-8,19-20H,9-12H2,1-2H3/t19-,20?,23-,24-/m1/s1. The number of benzene rings is 2. The van der Waals surface area contributed by atoms with Crippen LogP contribution >= 0.6 is 0 Å². The van der Waals surface area contributed by atoms with Gasteiger partial charge in [-0.3, -0.25) is 14.4 Å². The second-order valence-electron chi connectivity index (χ2n) is 8.83. The van der Waals surface area contributed by atoms with Gasteiger partial charge in [0.2, 0.25) is 11.8 Å². The van der Waals surface area contributed by atoms with Crippen molar-refractivity contribution in [3.63, 3.8) is 0 Å². The number of esters is 1. The van der Waals surface area contributed by atoms with Gasteiger partial charge < -0.3 is 9.47 Å². The van der Waals surface area contributed by atoms with E-state index in [0.717, 1.165) is 0 Å². The molecule has 3 aliphatic rings. The van der Waals surface area contributed by atoms with Crippen LogP contribution in [0.4, 0.5) is 5.69 Å². The van der Waals surface area contributed by atoms with E-state index in [0.29, 0.717) is 41.3 Å². The van der Waals surface area contributed by atoms with Crippen molar-refractivity contribution in [3.8, 4) is 6.07 Å². The van der Waals surface area contributed by atoms with Gasteiger partial charge in [0, 0.05) is 24.1 Å². The van der Waals surface area contributed by atoms with Crippen LogP contribution in [0.25, 0.3) is 10.8 Å². The first-order valence-corrected chi connectivity index (χ1v) is 10.4. The van der Waals surface area contributed by atoms with Crippen LogP contribution in [0.15, 0.2) is 36.4 Å². The van der Waals surface area contributed by atoms with Crippen molar-refractivity contribution < 1.29 is 23.9 Å². The van der Waals surface area contributed by atoms with E-state index in [2.05, 4.69) is 6.07 Å². The van der Waals surface area contributed by atoms with Crippen LogP contribution in [0, 0.1) is 23.2 Å². The number of carbonyl (C=O) groups excluding carboxylic acids is 3. The Labute approximate surface area is 179 Å². The maximum Gasteiger partial charge on any atom is 0.302 e. The Kier molecular flexibility index (Phi) is 4.21. The predicted molar refractivity (Wildman–Crippen MR) is 111 cm³/mol. The lowest BCUT2D eigenvalue weighted by atomic mass is 9.67. The summed E-state index contributed by atoms with van der Waals surface area (Å²) in [4.78, 5) is 39.8. The second kappa shape index (κ2) is 6.63. The summed E-state index contributed by atoms with van der Waals surface area (Å²) in [5, 5.41) is 10.8. The van der Waals surface area contributed by atoms with E-state index in [9.17, 15) is 19.6 Å². The van der Waals surface area contributed by atoms with Crippen molar-refractivity contribution in [1.82, 2.24) is 0 Å². The van der Waals surface area contributed by atoms with Crippen molar-refractivity contribution >= 4 is 34.2 Å². The highest BCUT2D eigenvalue weighted by Crippen LogP contribution is 2.62. The van der Waals surface area contributed by atoms with Gasteiger partial charge in [-0.05, 0) is 31.9 Å². The lowest BCUT2D eigenvalue weighted by molar-refractivity contribution is -0.144. The number of hydrogen-bond acceptors (Lipinski definition) is 6. The predicted octanol–water partition coefficient (Wildman–Crippen LogP) is 3.09. The molecule has 2 bridgehead atoms. The van der Waals surface area contributed by atoms with Gasteiger partial charge in [-0.2, -0.15) is 5.26 Å². The number of rotatable bonds is 4. The molecular weight excluding hydrogens is 396 g/mol. The fourth-order valence-corrected chi connectivity index (χ4v) is 5.79. The fraction of sp³-hybridized carbons (Fsp3) is 0.417. The second-order valence-corrected chi connectivity index (χ2v) is 8.83. The average Bonchev–Trinajstić information content (AvgIpc) is 3.32. The van der Waals surface area contributed by atoms with Gasteiger partial charge >= 0.3 is 5.97 Å². The van der Waals surface area contributed by atoms with Crippen molar-refractivity contribution in [1.29, 1.82) is 5.26 Å². The van der Waals surface area contributed by atoms with E-state index in [4.69, 9.17) is 9.47 Å². The normalized spacial score (nSPS) is 31.2. The van der Waals surface area contributed by atoms with E-state index in [-0.39, 0.29) is 24.4 Å². The molecule has 0 spiro atoms. The topological polar surface area (TPSA) is 96.7 Å². The zero-order valence-corrected chi connectivity index (χ0v) is 17.4. The molecule has 3 heterocycles. The highest BCUT2D eigenvalue weighted by molar-refractivity contribution is 6.26. The minimum Gasteiger partial charge on any atom is -0.466 e. The van der Waals surface area contributed by atoms with Crippen molar-refractivity contribution in [2.75, 3.05) is 11.5 Å². The zero-order valence-electron chi connectivity index (χ0n) is 17.4. The van der Waals surface area contributed by atoms with E-state index in [1.165, 1.54) is 11.8 Å². The number of imide groups is 1. The lowest BCUT2D eigenvalue weighted by Crippen LogP contribution is -2.43. The fourth-order valence-electron chi connectivity index (χ4n) is 5.79. The number of nitriles is 1. The summed E-state index contributed by atoms with van der Waals surface area (Å²) in [6.45, 7) is 3.39. The molecule has 5 rings (SSSR count). The van der Waals surface area contributed by atoms with Crippen LogP contribution < -0.4 is 4.90 Å². The van der Waals surface area contributed by atoms with Gasteiger partial charge in [0.25, 0.3) is 0 Å². The highest BCUT2D eigenvalue weighted by Gasteiger charge is 2.73. The Morgan fingerprint density at radius 2 is 1.87 bits per heavy atom. The Bertz CT molecular complexity index is 1180. The minimum atomic E-state index is -0.807. The van der Waals surface area contributed by atoms with Gasteiger partial charge in [0.1, 0.15) is 0 Å². The number of hydrogen-bond donors (Lipinski definition) is 0. The van der Waals surface area contributed by atoms with Crippen molar-refractivity contribution in [2.45, 2.75) is 44.3 Å². The number of anilines is 1. The molecule has 158 valence electrons. The summed E-state index contributed by atoms with van der Waals surface area (Å²) >= 11 is 0. The van der Waals surface area contributed by atoms with E-state index >= 15 is 0 Å². The van der Waals surface area contributed by atoms with Crippen molar-refractivity contribution in [2.24, 2.45) is 11.8 Å². The maximum atomic E-state index is 13.7. The maximum absolute atomic E-state index is 13.7. The van der Waals surface area contributed by atoms with Gasteiger partial charge in [0.05, 0.1) is 47.0 Å². The third-order valence-corrected chi connectivity index (χ3v) is 7.10. The molecule has 0 radical (unpaired) electrons. The van der Waals surface area contributed by atoms with Crippen LogP contribution in [0.1, 0.15) is 38.7 Å². The molecule has 31 heavy (non-hydrogen) atoms. The lowest BCUT2D eigenvalue weighted by Gasteiger charge is -2.30. The largest absolute Gasteiger partial charge is 0.466 e. The zero-order chi connectivity index (χ0) is 22.0. The summed E-state index contributed by atoms with van der Waals surface area (Å²) in [5.41, 5.74) is -0.534. The minimum absolute atomic E-state index is 0.149. The first-order chi connectivity index (χ1) is 14.8. The SMILES string of the molecule is CC(=O)OCC[C@@]12CC[C@@](C)(O1)[C@H]1C(=O)N(c3ccc(C#N)c4ccccc34)C(=O)C12. The Morgan fingerprint density at radius 1 is 1.16 bits per heavy atom. The molecular formula is C24H22N2O5. The summed E-state index contributed by atoms with van der Waals surface area (Å²) < 4.78 is 11.5. The molecule has 3 fully saturated rings. The highest BCUT2D eigenvalue weighted by atomic mass is 16.6. The van der Waals surface area contributed by atoms with Gasteiger partial charge in [-0.25, -0.2) is 4.90 Å². The van der Waals surface area contributed by atoms with Crippen molar-refractivity contribution in [3.05, 3.63) is 42.0 Å². The van der Waals surface area contributed by atoms with Gasteiger partial charge in [0.15, 0.2) is 0 Å². The van der Waals surface area contributed by atoms with Crippen LogP contribution in [0.3, 0.4) is 0 Å². The van der Waals surface area contributed by atoms with Gasteiger partial charge in [-0.15, -0.1) is 0 Å². The number of fused-ring (bicyclic) bond motifs is 6. The third-order valence-electron chi connectivity index (χ3n) is 7.10. The summed E-state index contributed by atoms with van der Waals surface area (Å²) in [5.74, 6) is -2.10. The molecule has 3 saturated heterocycles. The summed E-state index contributed by atoms with van der Waals surface area (Å²) in [6.07, 6.45) is 1.70. The number of amides is 2. The molecule has 4 atom stereocenters. The molecule has 3 aliphatic heterocycles. The van der Waals surface area contributed by atoms with E-state index in [1.807, 2.05) is 31.2 Å². The molecule has 7 nitrogen and oxygen atoms in total. The van der Waals surface area contributed by atoms with E-state index < -0.39 is 23.0 Å². The monoisotopic (exact) mass is 418 g/mol. The molecule has 0 saturated carbocycles. The summed E-state index contributed by atoms with van der Waals surface area (Å²) in [6, 6.07) is 12.8. The molecule has 2 amide bonds. The van der Waals surface area contributed by atoms with Gasteiger partial charge in [-0.1, -0.05) is 24.3 Å². The van der Waals surface area contributed by atoms with Crippen LogP contribution in [0.2, 0.25) is 0 Å². The molecule has 2 aromatic rings. The van der Waals surface area contributed by atoms with Crippen LogP contribution in [-0.2, 0) is 23.9 Å². The molecule has 0 N–H and O–H groups in total. The average molecular weight is 418 g/mol. The first-order valence-electron chi connectivity index (χ1n) is 10.4. The Morgan fingerprint density at radius 3 is 2.58 bits per heavy atom. The third kappa shape index (κ3) is 2.64. The van der Waals surface area contributed by atoms with E-state index in [1.54, 1.807) is 12.1 Å². The number of nitrogens with zero attached hydrogens (tertiary/aromatic N) is 2. The Hall–Kier alpha value is -3.24. The number of ether oxygens (including phenoxy) is 2. The summed E-state index contributed by atoms with van der Waals surface area (Å²) in [7, 11) is 0. The molecule has 0 aliphatic carbocycles. The number of carbonyl (C=O) groups is 3. The molecule has 2 aromatic carbocycles. The first kappa shape index (κ1) is 19.7. The van der Waals surface area contributed by atoms with Crippen LogP contribution in [-0.4, -0.2) is 35.6 Å². The Balaban J connectivity index is 1.57. The molecule has 1 unspecified atom stereocenters. The molecule has 0 aromatic heterocycles. The molecule has 7 heteroatoms. The van der Waals surface area contributed by atoms with Crippen LogP contribution in [0.5, 0.6) is 0 Å². The smallest absolute Gasteiger partial charge is 0.302 e.